The van der Waals surface area contributed by atoms with Crippen molar-refractivity contribution in [1.29, 1.82) is 0 Å². The summed E-state index contributed by atoms with van der Waals surface area (Å²) >= 11 is 0. The summed E-state index contributed by atoms with van der Waals surface area (Å²) in [7, 11) is -5.16. The van der Waals surface area contributed by atoms with Crippen LogP contribution in [0.15, 0.2) is 29.2 Å². The SMILES string of the molecule is CCCCCCCCCCCCCC(=O)NCC(=O)Oc1ccc(S(CC)(CC)OS(=O)(=O)OC)cc1. The van der Waals surface area contributed by atoms with Gasteiger partial charge in [-0.2, -0.15) is 12.0 Å². The number of amides is 1. The minimum absolute atomic E-state index is 0.154. The highest BCUT2D eigenvalue weighted by atomic mass is 32.3. The van der Waals surface area contributed by atoms with Crippen LogP contribution in [0.3, 0.4) is 0 Å². The van der Waals surface area contributed by atoms with Crippen LogP contribution in [0.1, 0.15) is 97.8 Å². The Bertz CT molecular complexity index is 885. The number of benzene rings is 1. The molecule has 37 heavy (non-hydrogen) atoms. The Morgan fingerprint density at radius 2 is 1.30 bits per heavy atom. The van der Waals surface area contributed by atoms with Gasteiger partial charge in [0.15, 0.2) is 0 Å². The molecule has 0 atom stereocenters. The summed E-state index contributed by atoms with van der Waals surface area (Å²) in [5, 5.41) is 2.61. The molecule has 1 aromatic carbocycles. The average Bonchev–Trinajstić information content (AvgIpc) is 2.89. The Hall–Kier alpha value is -1.62. The predicted octanol–water partition coefficient (Wildman–Crippen LogP) is 6.44. The van der Waals surface area contributed by atoms with Gasteiger partial charge in [-0.3, -0.25) is 8.98 Å². The van der Waals surface area contributed by atoms with Crippen LogP contribution in [0, 0.1) is 0 Å². The van der Waals surface area contributed by atoms with Crippen LogP contribution < -0.4 is 10.1 Å². The molecule has 0 aliphatic carbocycles. The molecular formula is C27H47NO7S2. The second kappa shape index (κ2) is 18.6. The standard InChI is InChI=1S/C27H47NO7S2/c1-5-8-9-10-11-12-13-14-15-16-17-18-26(29)28-23-27(30)34-24-19-21-25(22-20-24)36(6-2,7-3)35-37(31,32)33-4/h19-22H,5-18,23H2,1-4H3,(H,28,29). The molecule has 0 bridgehead atoms. The Kier molecular flexibility index (Phi) is 16.8. The third kappa shape index (κ3) is 13.7. The fraction of sp³-hybridized carbons (Fsp3) is 0.704. The van der Waals surface area contributed by atoms with Gasteiger partial charge in [0.1, 0.15) is 12.3 Å². The van der Waals surface area contributed by atoms with E-state index in [1.165, 1.54) is 51.4 Å². The molecular weight excluding hydrogens is 514 g/mol. The fourth-order valence-electron chi connectivity index (χ4n) is 3.99. The quantitative estimate of drug-likeness (QED) is 0.105. The maximum Gasteiger partial charge on any atom is 0.409 e. The monoisotopic (exact) mass is 561 g/mol. The van der Waals surface area contributed by atoms with Gasteiger partial charge in [-0.05, 0) is 30.7 Å². The Morgan fingerprint density at radius 3 is 1.78 bits per heavy atom. The number of esters is 1. The molecule has 0 unspecified atom stereocenters. The van der Waals surface area contributed by atoms with E-state index in [1.54, 1.807) is 24.3 Å². The second-order valence-electron chi connectivity index (χ2n) is 9.04. The number of nitrogens with one attached hydrogen (secondary N) is 1. The molecule has 0 heterocycles. The number of rotatable bonds is 21. The van der Waals surface area contributed by atoms with Crippen LogP contribution in [0.5, 0.6) is 5.75 Å². The van der Waals surface area contributed by atoms with E-state index in [1.807, 2.05) is 13.8 Å². The molecule has 1 aromatic rings. The Morgan fingerprint density at radius 1 is 0.784 bits per heavy atom. The molecule has 1 N–H and O–H groups in total. The molecule has 0 saturated heterocycles. The van der Waals surface area contributed by atoms with E-state index in [2.05, 4.69) is 16.4 Å². The van der Waals surface area contributed by atoms with Gasteiger partial charge < -0.3 is 10.1 Å². The first-order valence-corrected chi connectivity index (χ1v) is 16.8. The zero-order chi connectivity index (χ0) is 27.6. The molecule has 0 spiro atoms. The number of hydrogen-bond acceptors (Lipinski definition) is 7. The average molecular weight is 562 g/mol. The van der Waals surface area contributed by atoms with Gasteiger partial charge in [0.25, 0.3) is 0 Å². The lowest BCUT2D eigenvalue weighted by molar-refractivity contribution is -0.135. The molecule has 0 aromatic heterocycles. The summed E-state index contributed by atoms with van der Waals surface area (Å²) in [5.41, 5.74) is 0. The Balaban J connectivity index is 2.32. The number of hydrogen-bond donors (Lipinski definition) is 1. The van der Waals surface area contributed by atoms with Crippen LogP contribution in [0.4, 0.5) is 0 Å². The Labute approximate surface area is 226 Å². The second-order valence-corrected chi connectivity index (χ2v) is 14.0. The minimum atomic E-state index is -4.10. The smallest absolute Gasteiger partial charge is 0.409 e. The fourth-order valence-corrected chi connectivity index (χ4v) is 8.28. The van der Waals surface area contributed by atoms with Crippen molar-refractivity contribution in [1.82, 2.24) is 5.32 Å². The van der Waals surface area contributed by atoms with E-state index in [0.717, 1.165) is 26.4 Å². The van der Waals surface area contributed by atoms with E-state index in [-0.39, 0.29) is 12.5 Å². The molecule has 10 heteroatoms. The van der Waals surface area contributed by atoms with Gasteiger partial charge in [0.2, 0.25) is 5.91 Å². The summed E-state index contributed by atoms with van der Waals surface area (Å²) in [6, 6.07) is 6.58. The van der Waals surface area contributed by atoms with Gasteiger partial charge in [0, 0.05) is 22.8 Å². The highest BCUT2D eigenvalue weighted by Crippen LogP contribution is 2.57. The normalized spacial score (nSPS) is 12.3. The van der Waals surface area contributed by atoms with Crippen LogP contribution in [0.25, 0.3) is 0 Å². The van der Waals surface area contributed by atoms with E-state index in [9.17, 15) is 18.0 Å². The topological polar surface area (TPSA) is 108 Å². The molecule has 0 saturated carbocycles. The summed E-state index contributed by atoms with van der Waals surface area (Å²) in [4.78, 5) is 24.9. The van der Waals surface area contributed by atoms with Gasteiger partial charge in [-0.25, -0.2) is 4.79 Å². The van der Waals surface area contributed by atoms with Gasteiger partial charge in [-0.15, -0.1) is 0 Å². The third-order valence-electron chi connectivity index (χ3n) is 6.27. The number of unbranched alkanes of at least 4 members (excludes halogenated alkanes) is 10. The highest BCUT2D eigenvalue weighted by Gasteiger charge is 2.30. The van der Waals surface area contributed by atoms with Crippen molar-refractivity contribution in [2.75, 3.05) is 25.2 Å². The van der Waals surface area contributed by atoms with Crippen molar-refractivity contribution < 1.29 is 30.6 Å². The lowest BCUT2D eigenvalue weighted by atomic mass is 10.1. The van der Waals surface area contributed by atoms with Crippen LogP contribution in [0.2, 0.25) is 0 Å². The number of carbonyl (C=O) groups is 2. The van der Waals surface area contributed by atoms with Gasteiger partial charge >= 0.3 is 16.4 Å². The predicted molar refractivity (Wildman–Crippen MR) is 150 cm³/mol. The highest BCUT2D eigenvalue weighted by molar-refractivity contribution is 8.32. The number of ether oxygens (including phenoxy) is 1. The maximum atomic E-state index is 12.1. The van der Waals surface area contributed by atoms with Crippen molar-refractivity contribution in [2.24, 2.45) is 0 Å². The largest absolute Gasteiger partial charge is 0.425 e. The molecule has 0 aliphatic heterocycles. The van der Waals surface area contributed by atoms with Crippen LogP contribution in [-0.2, 0) is 27.8 Å². The van der Waals surface area contributed by atoms with Crippen molar-refractivity contribution >= 4 is 32.6 Å². The van der Waals surface area contributed by atoms with Gasteiger partial charge in [0.05, 0.1) is 7.11 Å². The van der Waals surface area contributed by atoms with Crippen LogP contribution >= 0.6 is 10.3 Å². The van der Waals surface area contributed by atoms with Crippen LogP contribution in [-0.4, -0.2) is 45.5 Å². The van der Waals surface area contributed by atoms with Crippen molar-refractivity contribution in [2.45, 2.75) is 103 Å². The zero-order valence-electron chi connectivity index (χ0n) is 23.1. The van der Waals surface area contributed by atoms with E-state index in [4.69, 9.17) is 8.37 Å². The van der Waals surface area contributed by atoms with Crippen molar-refractivity contribution in [3.05, 3.63) is 24.3 Å². The lowest BCUT2D eigenvalue weighted by Crippen LogP contribution is -2.31. The molecule has 0 radical (unpaired) electrons. The lowest BCUT2D eigenvalue weighted by Gasteiger charge is -2.36. The summed E-state index contributed by atoms with van der Waals surface area (Å²) in [6.07, 6.45) is 13.8. The minimum Gasteiger partial charge on any atom is -0.425 e. The third-order valence-corrected chi connectivity index (χ3v) is 11.4. The summed E-state index contributed by atoms with van der Waals surface area (Å²) < 4.78 is 39.0. The van der Waals surface area contributed by atoms with Crippen molar-refractivity contribution in [3.8, 4) is 5.75 Å². The summed E-state index contributed by atoms with van der Waals surface area (Å²) in [5.74, 6) is 0.553. The molecule has 214 valence electrons. The molecule has 1 rings (SSSR count). The molecule has 0 fully saturated rings. The van der Waals surface area contributed by atoms with Crippen molar-refractivity contribution in [3.63, 3.8) is 0 Å². The maximum absolute atomic E-state index is 12.1. The van der Waals surface area contributed by atoms with E-state index in [0.29, 0.717) is 28.6 Å². The first-order chi connectivity index (χ1) is 17.7. The number of carbonyl (C=O) groups excluding carboxylic acids is 2. The van der Waals surface area contributed by atoms with E-state index < -0.39 is 26.7 Å². The first-order valence-electron chi connectivity index (χ1n) is 13.6. The van der Waals surface area contributed by atoms with Gasteiger partial charge in [-0.1, -0.05) is 95.3 Å². The first kappa shape index (κ1) is 33.4. The molecule has 8 nitrogen and oxygen atoms in total. The molecule has 0 aliphatic rings. The summed E-state index contributed by atoms with van der Waals surface area (Å²) in [6.45, 7) is 5.75. The molecule has 1 amide bonds. The zero-order valence-corrected chi connectivity index (χ0v) is 24.7. The van der Waals surface area contributed by atoms with E-state index >= 15 is 0 Å².